The molecule has 0 amide bonds. The average molecular weight is 297 g/mol. The van der Waals surface area contributed by atoms with Crippen molar-refractivity contribution in [3.63, 3.8) is 0 Å². The second-order valence-corrected chi connectivity index (χ2v) is 5.27. The highest BCUT2D eigenvalue weighted by Crippen LogP contribution is 2.22. The summed E-state index contributed by atoms with van der Waals surface area (Å²) in [6, 6.07) is 20.3. The number of hydrogen-bond donors (Lipinski definition) is 1. The Morgan fingerprint density at radius 2 is 1.55 bits per heavy atom. The molecule has 2 atom stereocenters. The van der Waals surface area contributed by atoms with Gasteiger partial charge in [-0.15, -0.1) is 0 Å². The molecular weight excluding hydrogens is 274 g/mol. The Balaban J connectivity index is 2.12. The van der Waals surface area contributed by atoms with Crippen molar-refractivity contribution < 1.29 is 9.53 Å². The largest absolute Gasteiger partial charge is 0.466 e. The Morgan fingerprint density at radius 3 is 2.09 bits per heavy atom. The molecule has 0 spiro atoms. The van der Waals surface area contributed by atoms with E-state index in [9.17, 15) is 4.79 Å². The zero-order valence-electron chi connectivity index (χ0n) is 13.2. The lowest BCUT2D eigenvalue weighted by atomic mass is 10.0. The fraction of sp³-hybridized carbons (Fsp3) is 0.316. The molecule has 116 valence electrons. The summed E-state index contributed by atoms with van der Waals surface area (Å²) in [5.74, 6) is -0.177. The van der Waals surface area contributed by atoms with Crippen LogP contribution in [0.15, 0.2) is 60.7 Å². The Kier molecular flexibility index (Phi) is 6.16. The third-order valence-corrected chi connectivity index (χ3v) is 3.63. The summed E-state index contributed by atoms with van der Waals surface area (Å²) in [5, 5.41) is 3.54. The molecule has 3 nitrogen and oxygen atoms in total. The first-order chi connectivity index (χ1) is 10.7. The first-order valence-electron chi connectivity index (χ1n) is 7.72. The van der Waals surface area contributed by atoms with Crippen LogP contribution in [0, 0.1) is 0 Å². The van der Waals surface area contributed by atoms with Gasteiger partial charge in [0.25, 0.3) is 0 Å². The van der Waals surface area contributed by atoms with Crippen LogP contribution in [-0.4, -0.2) is 12.6 Å². The average Bonchev–Trinajstić information content (AvgIpc) is 2.56. The molecule has 0 aliphatic rings. The number of benzene rings is 2. The Bertz CT molecular complexity index is 569. The normalized spacial score (nSPS) is 13.4. The molecule has 22 heavy (non-hydrogen) atoms. The SMILES string of the molecule is CCOC(=O)C[C@H](N[C@H](C)c1ccccc1)c1ccccc1. The molecule has 0 unspecified atom stereocenters. The van der Waals surface area contributed by atoms with E-state index in [4.69, 9.17) is 4.74 Å². The number of ether oxygens (including phenoxy) is 1. The van der Waals surface area contributed by atoms with Crippen molar-refractivity contribution in [3.8, 4) is 0 Å². The fourth-order valence-corrected chi connectivity index (χ4v) is 2.48. The van der Waals surface area contributed by atoms with E-state index in [1.807, 2.05) is 55.5 Å². The van der Waals surface area contributed by atoms with Gasteiger partial charge in [-0.25, -0.2) is 0 Å². The van der Waals surface area contributed by atoms with Crippen LogP contribution < -0.4 is 5.32 Å². The van der Waals surface area contributed by atoms with E-state index in [-0.39, 0.29) is 18.1 Å². The van der Waals surface area contributed by atoms with E-state index in [1.165, 1.54) is 5.56 Å². The fourth-order valence-electron chi connectivity index (χ4n) is 2.48. The van der Waals surface area contributed by atoms with E-state index in [0.717, 1.165) is 5.56 Å². The molecule has 0 radical (unpaired) electrons. The van der Waals surface area contributed by atoms with Crippen molar-refractivity contribution in [2.24, 2.45) is 0 Å². The van der Waals surface area contributed by atoms with Crippen LogP contribution in [0.2, 0.25) is 0 Å². The van der Waals surface area contributed by atoms with Crippen molar-refractivity contribution >= 4 is 5.97 Å². The van der Waals surface area contributed by atoms with E-state index in [1.54, 1.807) is 0 Å². The van der Waals surface area contributed by atoms with Gasteiger partial charge in [0, 0.05) is 12.1 Å². The van der Waals surface area contributed by atoms with Gasteiger partial charge in [-0.05, 0) is 25.0 Å². The summed E-state index contributed by atoms with van der Waals surface area (Å²) in [6.07, 6.45) is 0.328. The molecular formula is C19H23NO2. The second-order valence-electron chi connectivity index (χ2n) is 5.27. The number of nitrogens with one attached hydrogen (secondary N) is 1. The van der Waals surface area contributed by atoms with Crippen LogP contribution in [0.4, 0.5) is 0 Å². The third-order valence-electron chi connectivity index (χ3n) is 3.63. The Hall–Kier alpha value is -2.13. The van der Waals surface area contributed by atoms with Crippen molar-refractivity contribution in [2.75, 3.05) is 6.61 Å². The Labute approximate surface area is 132 Å². The predicted molar refractivity (Wildman–Crippen MR) is 88.4 cm³/mol. The van der Waals surface area contributed by atoms with Crippen LogP contribution in [0.1, 0.15) is 43.5 Å². The first-order valence-corrected chi connectivity index (χ1v) is 7.72. The topological polar surface area (TPSA) is 38.3 Å². The third kappa shape index (κ3) is 4.71. The minimum Gasteiger partial charge on any atom is -0.466 e. The van der Waals surface area contributed by atoms with Crippen LogP contribution in [-0.2, 0) is 9.53 Å². The number of esters is 1. The quantitative estimate of drug-likeness (QED) is 0.784. The highest BCUT2D eigenvalue weighted by Gasteiger charge is 2.19. The van der Waals surface area contributed by atoms with Gasteiger partial charge in [0.2, 0.25) is 0 Å². The van der Waals surface area contributed by atoms with Gasteiger partial charge in [0.1, 0.15) is 0 Å². The monoisotopic (exact) mass is 297 g/mol. The lowest BCUT2D eigenvalue weighted by molar-refractivity contribution is -0.143. The maximum absolute atomic E-state index is 11.9. The lowest BCUT2D eigenvalue weighted by Crippen LogP contribution is -2.27. The van der Waals surface area contributed by atoms with E-state index in [2.05, 4.69) is 24.4 Å². The molecule has 0 aliphatic carbocycles. The molecule has 0 aromatic heterocycles. The van der Waals surface area contributed by atoms with Gasteiger partial charge < -0.3 is 10.1 Å². The molecule has 0 aliphatic heterocycles. The molecule has 0 fully saturated rings. The minimum atomic E-state index is -0.177. The molecule has 2 aromatic rings. The van der Waals surface area contributed by atoms with Crippen molar-refractivity contribution in [1.29, 1.82) is 0 Å². The van der Waals surface area contributed by atoms with Gasteiger partial charge >= 0.3 is 5.97 Å². The predicted octanol–water partition coefficient (Wildman–Crippen LogP) is 4.03. The molecule has 2 aromatic carbocycles. The van der Waals surface area contributed by atoms with Gasteiger partial charge in [-0.2, -0.15) is 0 Å². The standard InChI is InChI=1S/C19H23NO2/c1-3-22-19(21)14-18(17-12-8-5-9-13-17)20-15(2)16-10-6-4-7-11-16/h4-13,15,18,20H,3,14H2,1-2H3/t15-,18+/m1/s1. The van der Waals surface area contributed by atoms with Crippen molar-refractivity contribution in [2.45, 2.75) is 32.4 Å². The summed E-state index contributed by atoms with van der Waals surface area (Å²) >= 11 is 0. The zero-order valence-corrected chi connectivity index (χ0v) is 13.2. The number of rotatable bonds is 7. The van der Waals surface area contributed by atoms with Gasteiger partial charge in [0.15, 0.2) is 0 Å². The molecule has 0 heterocycles. The van der Waals surface area contributed by atoms with Crippen LogP contribution in [0.25, 0.3) is 0 Å². The molecule has 0 bridgehead atoms. The molecule has 2 rings (SSSR count). The Morgan fingerprint density at radius 1 is 1.00 bits per heavy atom. The maximum atomic E-state index is 11.9. The molecule has 3 heteroatoms. The summed E-state index contributed by atoms with van der Waals surface area (Å²) in [7, 11) is 0. The van der Waals surface area contributed by atoms with E-state index >= 15 is 0 Å². The summed E-state index contributed by atoms with van der Waals surface area (Å²) in [6.45, 7) is 4.35. The van der Waals surface area contributed by atoms with Gasteiger partial charge in [-0.1, -0.05) is 60.7 Å². The maximum Gasteiger partial charge on any atom is 0.307 e. The minimum absolute atomic E-state index is 0.0598. The smallest absolute Gasteiger partial charge is 0.307 e. The molecule has 0 saturated heterocycles. The number of carbonyl (C=O) groups excluding carboxylic acids is 1. The first kappa shape index (κ1) is 16.2. The molecule has 1 N–H and O–H groups in total. The van der Waals surface area contributed by atoms with Gasteiger partial charge in [-0.3, -0.25) is 4.79 Å². The summed E-state index contributed by atoms with van der Waals surface area (Å²) < 4.78 is 5.10. The van der Waals surface area contributed by atoms with E-state index < -0.39 is 0 Å². The van der Waals surface area contributed by atoms with Crippen molar-refractivity contribution in [1.82, 2.24) is 5.32 Å². The van der Waals surface area contributed by atoms with Crippen LogP contribution in [0.3, 0.4) is 0 Å². The summed E-state index contributed by atoms with van der Waals surface area (Å²) in [4.78, 5) is 11.9. The number of hydrogen-bond acceptors (Lipinski definition) is 3. The molecule has 0 saturated carbocycles. The lowest BCUT2D eigenvalue weighted by Gasteiger charge is -2.23. The van der Waals surface area contributed by atoms with Crippen LogP contribution in [0.5, 0.6) is 0 Å². The zero-order chi connectivity index (χ0) is 15.8. The second kappa shape index (κ2) is 8.35. The van der Waals surface area contributed by atoms with E-state index in [0.29, 0.717) is 13.0 Å². The van der Waals surface area contributed by atoms with Gasteiger partial charge in [0.05, 0.1) is 13.0 Å². The highest BCUT2D eigenvalue weighted by atomic mass is 16.5. The van der Waals surface area contributed by atoms with Crippen molar-refractivity contribution in [3.05, 3.63) is 71.8 Å². The summed E-state index contributed by atoms with van der Waals surface area (Å²) in [5.41, 5.74) is 2.30. The van der Waals surface area contributed by atoms with Crippen LogP contribution >= 0.6 is 0 Å². The number of carbonyl (C=O) groups is 1. The highest BCUT2D eigenvalue weighted by molar-refractivity contribution is 5.70.